The Morgan fingerprint density at radius 1 is 1.06 bits per heavy atom. The lowest BCUT2D eigenvalue weighted by molar-refractivity contribution is 0.414. The maximum absolute atomic E-state index is 13.6. The number of aromatic nitrogens is 4. The van der Waals surface area contributed by atoms with Crippen LogP contribution in [0.3, 0.4) is 0 Å². The van der Waals surface area contributed by atoms with Gasteiger partial charge in [0.25, 0.3) is 5.56 Å². The van der Waals surface area contributed by atoms with Crippen molar-refractivity contribution in [2.75, 3.05) is 7.11 Å². The highest BCUT2D eigenvalue weighted by molar-refractivity contribution is 7.98. The Bertz CT molecular complexity index is 1280. The fourth-order valence-electron chi connectivity index (χ4n) is 3.55. The molecule has 0 saturated heterocycles. The third-order valence-electron chi connectivity index (χ3n) is 5.24. The van der Waals surface area contributed by atoms with E-state index in [-0.39, 0.29) is 5.56 Å². The summed E-state index contributed by atoms with van der Waals surface area (Å²) in [5.74, 6) is 1.50. The second-order valence-electron chi connectivity index (χ2n) is 7.51. The van der Waals surface area contributed by atoms with Gasteiger partial charge in [-0.15, -0.1) is 0 Å². The van der Waals surface area contributed by atoms with Crippen LogP contribution in [0.4, 0.5) is 0 Å². The fraction of sp³-hybridized carbons (Fsp3) is 0.292. The van der Waals surface area contributed by atoms with Crippen LogP contribution in [0.2, 0.25) is 0 Å². The van der Waals surface area contributed by atoms with Crippen molar-refractivity contribution in [2.45, 2.75) is 44.8 Å². The number of hydrogen-bond donors (Lipinski definition) is 0. The molecule has 0 aliphatic rings. The third kappa shape index (κ3) is 4.37. The number of fused-ring (bicyclic) bond motifs is 1. The van der Waals surface area contributed by atoms with Crippen LogP contribution in [0.5, 0.6) is 5.75 Å². The zero-order chi connectivity index (χ0) is 22.0. The minimum Gasteiger partial charge on any atom is -0.497 e. The second-order valence-corrected chi connectivity index (χ2v) is 8.45. The first-order valence-electron chi connectivity index (χ1n) is 10.3. The Morgan fingerprint density at radius 3 is 2.55 bits per heavy atom. The number of aryl methyl sites for hydroxylation is 3. The molecule has 2 aromatic heterocycles. The Balaban J connectivity index is 1.78. The molecule has 4 rings (SSSR count). The third-order valence-corrected chi connectivity index (χ3v) is 6.29. The van der Waals surface area contributed by atoms with E-state index >= 15 is 0 Å². The molecule has 0 radical (unpaired) electrons. The molecule has 0 aliphatic heterocycles. The second kappa shape index (κ2) is 8.98. The highest BCUT2D eigenvalue weighted by Crippen LogP contribution is 2.25. The zero-order valence-corrected chi connectivity index (χ0v) is 19.1. The van der Waals surface area contributed by atoms with Crippen molar-refractivity contribution in [3.63, 3.8) is 0 Å². The summed E-state index contributed by atoms with van der Waals surface area (Å²) in [5, 5.41) is 5.22. The van der Waals surface area contributed by atoms with Crippen LogP contribution in [-0.4, -0.2) is 26.4 Å². The Labute approximate surface area is 185 Å². The summed E-state index contributed by atoms with van der Waals surface area (Å²) in [6.45, 7) is 7.04. The summed E-state index contributed by atoms with van der Waals surface area (Å²) in [6, 6.07) is 16.2. The van der Waals surface area contributed by atoms with Gasteiger partial charge in [0, 0.05) is 12.3 Å². The molecule has 0 spiro atoms. The molecule has 4 aromatic rings. The first-order chi connectivity index (χ1) is 15.0. The van der Waals surface area contributed by atoms with E-state index in [0.29, 0.717) is 35.0 Å². The van der Waals surface area contributed by atoms with E-state index in [2.05, 4.69) is 42.4 Å². The molecule has 0 fully saturated rings. The molecular weight excluding hydrogens is 408 g/mol. The average Bonchev–Trinajstić information content (AvgIpc) is 3.11. The number of rotatable bonds is 7. The van der Waals surface area contributed by atoms with Crippen molar-refractivity contribution in [1.29, 1.82) is 0 Å². The lowest BCUT2D eigenvalue weighted by Gasteiger charge is -2.13. The van der Waals surface area contributed by atoms with Crippen molar-refractivity contribution in [3.05, 3.63) is 81.3 Å². The van der Waals surface area contributed by atoms with Crippen molar-refractivity contribution in [2.24, 2.45) is 0 Å². The molecule has 160 valence electrons. The number of hydrogen-bond acceptors (Lipinski definition) is 5. The number of benzene rings is 2. The number of ether oxygens (including phenoxy) is 1. The Kier molecular flexibility index (Phi) is 6.13. The molecule has 0 N–H and O–H groups in total. The molecule has 0 unspecified atom stereocenters. The van der Waals surface area contributed by atoms with E-state index < -0.39 is 0 Å². The van der Waals surface area contributed by atoms with Gasteiger partial charge < -0.3 is 4.74 Å². The van der Waals surface area contributed by atoms with E-state index in [1.54, 1.807) is 28.1 Å². The summed E-state index contributed by atoms with van der Waals surface area (Å²) >= 11 is 1.56. The monoisotopic (exact) mass is 434 g/mol. The van der Waals surface area contributed by atoms with Crippen LogP contribution in [0.25, 0.3) is 11.0 Å². The standard InChI is InChI=1S/C24H26N4O2S/c1-5-28-22-21(17(3)26-28)25-24(31-15-19-7-6-8-20(13-19)30-4)27(23(22)29)14-18-11-9-16(2)10-12-18/h6-13H,5,14-15H2,1-4H3. The van der Waals surface area contributed by atoms with Crippen molar-refractivity contribution in [3.8, 4) is 5.75 Å². The molecular formula is C24H26N4O2S. The molecule has 0 saturated carbocycles. The van der Waals surface area contributed by atoms with Gasteiger partial charge in [-0.1, -0.05) is 53.7 Å². The smallest absolute Gasteiger partial charge is 0.280 e. The minimum atomic E-state index is -0.0545. The van der Waals surface area contributed by atoms with Crippen molar-refractivity contribution < 1.29 is 4.74 Å². The molecule has 0 aliphatic carbocycles. The molecule has 0 atom stereocenters. The SMILES string of the molecule is CCn1nc(C)c2nc(SCc3cccc(OC)c3)n(Cc3ccc(C)cc3)c(=O)c21. The van der Waals surface area contributed by atoms with Crippen LogP contribution >= 0.6 is 11.8 Å². The largest absolute Gasteiger partial charge is 0.497 e. The lowest BCUT2D eigenvalue weighted by Crippen LogP contribution is -2.25. The van der Waals surface area contributed by atoms with Gasteiger partial charge >= 0.3 is 0 Å². The quantitative estimate of drug-likeness (QED) is 0.315. The van der Waals surface area contributed by atoms with Gasteiger partial charge in [-0.2, -0.15) is 5.10 Å². The van der Waals surface area contributed by atoms with Crippen molar-refractivity contribution >= 4 is 22.8 Å². The van der Waals surface area contributed by atoms with E-state index in [4.69, 9.17) is 9.72 Å². The van der Waals surface area contributed by atoms with Crippen LogP contribution in [0.1, 0.15) is 29.3 Å². The van der Waals surface area contributed by atoms with Crippen LogP contribution < -0.4 is 10.3 Å². The number of nitrogens with zero attached hydrogens (tertiary/aromatic N) is 4. The fourth-order valence-corrected chi connectivity index (χ4v) is 4.49. The van der Waals surface area contributed by atoms with Crippen LogP contribution in [0, 0.1) is 13.8 Å². The molecule has 0 amide bonds. The Morgan fingerprint density at radius 2 is 1.84 bits per heavy atom. The van der Waals surface area contributed by atoms with E-state index in [9.17, 15) is 4.79 Å². The molecule has 2 heterocycles. The summed E-state index contributed by atoms with van der Waals surface area (Å²) in [7, 11) is 1.66. The normalized spacial score (nSPS) is 11.2. The van der Waals surface area contributed by atoms with Crippen molar-refractivity contribution in [1.82, 2.24) is 19.3 Å². The van der Waals surface area contributed by atoms with E-state index in [0.717, 1.165) is 22.6 Å². The highest BCUT2D eigenvalue weighted by atomic mass is 32.2. The lowest BCUT2D eigenvalue weighted by atomic mass is 10.1. The molecule has 2 aromatic carbocycles. The summed E-state index contributed by atoms with van der Waals surface area (Å²) in [4.78, 5) is 18.4. The zero-order valence-electron chi connectivity index (χ0n) is 18.3. The van der Waals surface area contributed by atoms with Gasteiger partial charge in [0.1, 0.15) is 11.3 Å². The maximum Gasteiger partial charge on any atom is 0.280 e. The van der Waals surface area contributed by atoms with Gasteiger partial charge in [-0.3, -0.25) is 14.0 Å². The van der Waals surface area contributed by atoms with Gasteiger partial charge in [-0.05, 0) is 44.0 Å². The summed E-state index contributed by atoms with van der Waals surface area (Å²) < 4.78 is 8.86. The highest BCUT2D eigenvalue weighted by Gasteiger charge is 2.18. The minimum absolute atomic E-state index is 0.0545. The van der Waals surface area contributed by atoms with Gasteiger partial charge in [0.2, 0.25) is 0 Å². The predicted octanol–water partition coefficient (Wildman–Crippen LogP) is 4.58. The Hall–Kier alpha value is -3.06. The average molecular weight is 435 g/mol. The first kappa shape index (κ1) is 21.2. The number of methoxy groups -OCH3 is 1. The molecule has 6 nitrogen and oxygen atoms in total. The molecule has 0 bridgehead atoms. The first-order valence-corrected chi connectivity index (χ1v) is 11.3. The molecule has 7 heteroatoms. The maximum atomic E-state index is 13.6. The molecule has 31 heavy (non-hydrogen) atoms. The van der Waals surface area contributed by atoms with E-state index in [1.165, 1.54) is 5.56 Å². The van der Waals surface area contributed by atoms with Crippen LogP contribution in [0.15, 0.2) is 58.5 Å². The van der Waals surface area contributed by atoms with Gasteiger partial charge in [-0.25, -0.2) is 4.98 Å². The summed E-state index contributed by atoms with van der Waals surface area (Å²) in [6.07, 6.45) is 0. The van der Waals surface area contributed by atoms with Gasteiger partial charge in [0.15, 0.2) is 10.7 Å². The van der Waals surface area contributed by atoms with Gasteiger partial charge in [0.05, 0.1) is 19.3 Å². The number of thioether (sulfide) groups is 1. The topological polar surface area (TPSA) is 61.9 Å². The van der Waals surface area contributed by atoms with Crippen LogP contribution in [-0.2, 0) is 18.8 Å². The predicted molar refractivity (Wildman–Crippen MR) is 125 cm³/mol. The summed E-state index contributed by atoms with van der Waals surface area (Å²) in [5.41, 5.74) is 5.34. The van der Waals surface area contributed by atoms with E-state index in [1.807, 2.05) is 32.0 Å².